The molecule has 0 aliphatic heterocycles. The topological polar surface area (TPSA) is 150 Å². The predicted molar refractivity (Wildman–Crippen MR) is 144 cm³/mol. The third kappa shape index (κ3) is 6.69. The number of hydrogen-bond donors (Lipinski definition) is 3. The fraction of sp³-hybridized carbons (Fsp3) is 0.321. The van der Waals surface area contributed by atoms with E-state index in [0.29, 0.717) is 12.8 Å². The van der Waals surface area contributed by atoms with Crippen LogP contribution in [0, 0.1) is 16.0 Å². The van der Waals surface area contributed by atoms with E-state index in [-0.39, 0.29) is 29.5 Å². The van der Waals surface area contributed by atoms with Crippen LogP contribution in [0.1, 0.15) is 29.2 Å². The Bertz CT molecular complexity index is 1410. The molecule has 0 unspecified atom stereocenters. The van der Waals surface area contributed by atoms with Gasteiger partial charge in [-0.05, 0) is 41.7 Å². The number of aliphatic hydroxyl groups is 2. The number of carbonyl (C=O) groups excluding carboxylic acids is 1. The van der Waals surface area contributed by atoms with E-state index in [2.05, 4.69) is 5.32 Å². The fourth-order valence-corrected chi connectivity index (χ4v) is 6.13. The first-order valence-corrected chi connectivity index (χ1v) is 14.0. The maximum atomic E-state index is 13.5. The number of hydrogen-bond acceptors (Lipinski definition) is 7. The van der Waals surface area contributed by atoms with Gasteiger partial charge in [-0.2, -0.15) is 4.31 Å². The molecule has 10 nitrogen and oxygen atoms in total. The third-order valence-corrected chi connectivity index (χ3v) is 8.82. The van der Waals surface area contributed by atoms with Crippen LogP contribution in [0.25, 0.3) is 0 Å². The van der Waals surface area contributed by atoms with E-state index in [4.69, 9.17) is 0 Å². The van der Waals surface area contributed by atoms with Crippen molar-refractivity contribution in [2.24, 2.45) is 5.92 Å². The van der Waals surface area contributed by atoms with Crippen molar-refractivity contribution in [2.75, 3.05) is 13.6 Å². The highest BCUT2D eigenvalue weighted by Crippen LogP contribution is 2.32. The minimum absolute atomic E-state index is 0.0225. The molecule has 11 heteroatoms. The van der Waals surface area contributed by atoms with Crippen molar-refractivity contribution in [3.8, 4) is 0 Å². The number of nitro benzene ring substituents is 1. The Balaban J connectivity index is 1.47. The second-order valence-corrected chi connectivity index (χ2v) is 11.8. The Morgan fingerprint density at radius 1 is 1.08 bits per heavy atom. The molecular weight excluding hydrogens is 522 g/mol. The highest BCUT2D eigenvalue weighted by Gasteiger charge is 2.34. The smallest absolute Gasteiger partial charge is 0.269 e. The molecule has 3 aromatic carbocycles. The number of likely N-dealkylation sites (N-methyl/N-ethyl adjacent to an activating group) is 1. The number of sulfonamides is 1. The van der Waals surface area contributed by atoms with Gasteiger partial charge in [0.1, 0.15) is 0 Å². The van der Waals surface area contributed by atoms with E-state index in [0.717, 1.165) is 45.3 Å². The van der Waals surface area contributed by atoms with Crippen molar-refractivity contribution >= 4 is 21.6 Å². The average molecular weight is 554 g/mol. The summed E-state index contributed by atoms with van der Waals surface area (Å²) < 4.78 is 26.9. The van der Waals surface area contributed by atoms with Gasteiger partial charge in [0.2, 0.25) is 15.9 Å². The van der Waals surface area contributed by atoms with Gasteiger partial charge in [0, 0.05) is 38.1 Å². The molecule has 4 atom stereocenters. The van der Waals surface area contributed by atoms with Crippen LogP contribution in [0.2, 0.25) is 0 Å². The van der Waals surface area contributed by atoms with Gasteiger partial charge in [0.15, 0.2) is 0 Å². The Morgan fingerprint density at radius 2 is 1.72 bits per heavy atom. The molecule has 4 rings (SSSR count). The zero-order valence-electron chi connectivity index (χ0n) is 21.4. The minimum atomic E-state index is -4.03. The molecule has 1 aliphatic rings. The molecular formula is C28H31N3O7S. The molecule has 0 radical (unpaired) electrons. The lowest BCUT2D eigenvalue weighted by molar-refractivity contribution is -0.384. The second kappa shape index (κ2) is 12.0. The summed E-state index contributed by atoms with van der Waals surface area (Å²) in [5.74, 6) is -1.04. The lowest BCUT2D eigenvalue weighted by atomic mass is 9.92. The van der Waals surface area contributed by atoms with Crippen molar-refractivity contribution in [1.82, 2.24) is 9.62 Å². The molecule has 0 saturated carbocycles. The molecule has 0 aromatic heterocycles. The van der Waals surface area contributed by atoms with Gasteiger partial charge in [-0.15, -0.1) is 0 Å². The second-order valence-electron chi connectivity index (χ2n) is 9.77. The molecule has 0 bridgehead atoms. The van der Waals surface area contributed by atoms with Crippen molar-refractivity contribution in [2.45, 2.75) is 42.4 Å². The van der Waals surface area contributed by atoms with Crippen molar-refractivity contribution in [3.63, 3.8) is 0 Å². The number of nitrogens with one attached hydrogen (secondary N) is 1. The maximum absolute atomic E-state index is 13.5. The summed E-state index contributed by atoms with van der Waals surface area (Å²) in [6, 6.07) is 20.7. The van der Waals surface area contributed by atoms with Gasteiger partial charge in [-0.25, -0.2) is 8.42 Å². The van der Waals surface area contributed by atoms with Crippen LogP contribution in [0.15, 0.2) is 83.8 Å². The van der Waals surface area contributed by atoms with Crippen LogP contribution >= 0.6 is 0 Å². The number of fused-ring (bicyclic) bond motifs is 1. The summed E-state index contributed by atoms with van der Waals surface area (Å²) in [7, 11) is -2.73. The fourth-order valence-electron chi connectivity index (χ4n) is 4.92. The van der Waals surface area contributed by atoms with E-state index in [1.54, 1.807) is 0 Å². The van der Waals surface area contributed by atoms with E-state index in [9.17, 15) is 33.5 Å². The Kier molecular flexibility index (Phi) is 8.76. The number of benzene rings is 3. The van der Waals surface area contributed by atoms with E-state index < -0.39 is 39.1 Å². The molecule has 3 N–H and O–H groups in total. The van der Waals surface area contributed by atoms with Crippen LogP contribution in [-0.4, -0.2) is 59.6 Å². The Labute approximate surface area is 227 Å². The first kappa shape index (κ1) is 28.4. The number of non-ortho nitro benzene ring substituents is 1. The number of rotatable bonds is 11. The average Bonchev–Trinajstić information content (AvgIpc) is 3.23. The quantitative estimate of drug-likeness (QED) is 0.244. The third-order valence-electron chi connectivity index (χ3n) is 6.98. The number of aliphatic hydroxyl groups excluding tert-OH is 2. The van der Waals surface area contributed by atoms with Crippen molar-refractivity contribution < 1.29 is 28.3 Å². The van der Waals surface area contributed by atoms with E-state index >= 15 is 0 Å². The minimum Gasteiger partial charge on any atom is -0.392 e. The summed E-state index contributed by atoms with van der Waals surface area (Å²) in [5, 5.41) is 35.3. The van der Waals surface area contributed by atoms with E-state index in [1.807, 2.05) is 54.6 Å². The van der Waals surface area contributed by atoms with Gasteiger partial charge < -0.3 is 15.5 Å². The van der Waals surface area contributed by atoms with Crippen molar-refractivity contribution in [3.05, 3.63) is 106 Å². The summed E-state index contributed by atoms with van der Waals surface area (Å²) in [6.07, 6.45) is -1.23. The number of amides is 1. The molecule has 1 aliphatic carbocycles. The number of carbonyl (C=O) groups is 1. The summed E-state index contributed by atoms with van der Waals surface area (Å²) in [5.41, 5.74) is 2.46. The molecule has 0 heterocycles. The SMILES string of the molecule is CN(C[C@@H](O)C[C@@H](Cc1ccccc1)C(=O)N[C@H]1c2ccccc2C[C@H]1O)S(=O)(=O)c1ccc([N+](=O)[O-])cc1. The number of nitro groups is 1. The summed E-state index contributed by atoms with van der Waals surface area (Å²) in [6.45, 7) is -0.285. The highest BCUT2D eigenvalue weighted by atomic mass is 32.2. The largest absolute Gasteiger partial charge is 0.392 e. The van der Waals surface area contributed by atoms with Crippen LogP contribution in [0.5, 0.6) is 0 Å². The van der Waals surface area contributed by atoms with Gasteiger partial charge in [-0.1, -0.05) is 54.6 Å². The Morgan fingerprint density at radius 3 is 2.38 bits per heavy atom. The van der Waals surface area contributed by atoms with Crippen LogP contribution < -0.4 is 5.32 Å². The predicted octanol–water partition coefficient (Wildman–Crippen LogP) is 2.60. The molecule has 1 amide bonds. The van der Waals surface area contributed by atoms with Crippen LogP contribution in [-0.2, 0) is 27.7 Å². The van der Waals surface area contributed by atoms with Gasteiger partial charge in [0.05, 0.1) is 28.1 Å². The first-order valence-electron chi connectivity index (χ1n) is 12.5. The standard InChI is InChI=1S/C28H31N3O7S/c1-30(39(37,38)24-13-11-22(12-14-24)31(35)36)18-23(32)16-21(15-19-7-3-2-4-8-19)28(34)29-27-25-10-6-5-9-20(25)17-26(27)33/h2-14,21,23,26-27,32-33H,15-18H2,1H3,(H,29,34)/t21-,23+,26-,27+/m1/s1. The first-order chi connectivity index (χ1) is 18.6. The lowest BCUT2D eigenvalue weighted by Crippen LogP contribution is -2.41. The number of nitrogens with zero attached hydrogens (tertiary/aromatic N) is 2. The van der Waals surface area contributed by atoms with Gasteiger partial charge in [0.25, 0.3) is 5.69 Å². The van der Waals surface area contributed by atoms with Crippen LogP contribution in [0.3, 0.4) is 0 Å². The molecule has 206 valence electrons. The molecule has 3 aromatic rings. The van der Waals surface area contributed by atoms with Crippen LogP contribution in [0.4, 0.5) is 5.69 Å². The summed E-state index contributed by atoms with van der Waals surface area (Å²) in [4.78, 5) is 23.6. The zero-order valence-corrected chi connectivity index (χ0v) is 22.2. The molecule has 0 saturated heterocycles. The van der Waals surface area contributed by atoms with Gasteiger partial charge in [-0.3, -0.25) is 14.9 Å². The monoisotopic (exact) mass is 553 g/mol. The normalized spacial score (nSPS) is 18.4. The molecule has 0 fully saturated rings. The zero-order chi connectivity index (χ0) is 28.2. The maximum Gasteiger partial charge on any atom is 0.269 e. The summed E-state index contributed by atoms with van der Waals surface area (Å²) >= 11 is 0. The van der Waals surface area contributed by atoms with E-state index in [1.165, 1.54) is 7.05 Å². The lowest BCUT2D eigenvalue weighted by Gasteiger charge is -2.26. The Hall–Kier alpha value is -3.64. The van der Waals surface area contributed by atoms with Gasteiger partial charge >= 0.3 is 0 Å². The van der Waals surface area contributed by atoms with Crippen molar-refractivity contribution in [1.29, 1.82) is 0 Å². The highest BCUT2D eigenvalue weighted by molar-refractivity contribution is 7.89. The molecule has 39 heavy (non-hydrogen) atoms. The molecule has 0 spiro atoms.